The van der Waals surface area contributed by atoms with Crippen LogP contribution in [0.2, 0.25) is 0 Å². The monoisotopic (exact) mass is 512 g/mol. The first-order chi connectivity index (χ1) is 19.4. The molecule has 0 aliphatic heterocycles. The number of aromatic nitrogens is 2. The first-order valence-corrected chi connectivity index (χ1v) is 14.2. The molecule has 190 valence electrons. The Labute approximate surface area is 233 Å². The summed E-state index contributed by atoms with van der Waals surface area (Å²) >= 11 is 0. The highest BCUT2D eigenvalue weighted by atomic mass is 14.8. The van der Waals surface area contributed by atoms with Crippen LogP contribution in [0.3, 0.4) is 0 Å². The minimum atomic E-state index is -0.0884. The van der Waals surface area contributed by atoms with Crippen molar-refractivity contribution in [1.29, 1.82) is 0 Å². The Morgan fingerprint density at radius 3 is 1.98 bits per heavy atom. The van der Waals surface area contributed by atoms with Crippen LogP contribution in [0.4, 0.5) is 0 Å². The van der Waals surface area contributed by atoms with Gasteiger partial charge in [-0.1, -0.05) is 82.3 Å². The summed E-state index contributed by atoms with van der Waals surface area (Å²) in [5, 5.41) is 7.77. The van der Waals surface area contributed by atoms with Crippen LogP contribution in [0.15, 0.2) is 97.3 Å². The highest BCUT2D eigenvalue weighted by Gasteiger charge is 2.42. The van der Waals surface area contributed by atoms with Crippen LogP contribution in [0.5, 0.6) is 0 Å². The minimum absolute atomic E-state index is 0.0256. The van der Waals surface area contributed by atoms with Crippen LogP contribution in [0.25, 0.3) is 66.0 Å². The lowest BCUT2D eigenvalue weighted by Gasteiger charge is -2.24. The molecule has 0 saturated carbocycles. The molecule has 2 heteroatoms. The Morgan fingerprint density at radius 1 is 0.475 bits per heavy atom. The van der Waals surface area contributed by atoms with Crippen molar-refractivity contribution in [2.24, 2.45) is 0 Å². The summed E-state index contributed by atoms with van der Waals surface area (Å²) < 4.78 is 0. The zero-order chi connectivity index (χ0) is 27.0. The molecule has 9 rings (SSSR count). The fraction of sp³-hybridized carbons (Fsp3) is 0.158. The quantitative estimate of drug-likeness (QED) is 0.205. The van der Waals surface area contributed by atoms with E-state index in [9.17, 15) is 0 Å². The smallest absolute Gasteiger partial charge is 0.159 e. The van der Waals surface area contributed by atoms with Gasteiger partial charge in [0.25, 0.3) is 0 Å². The normalized spacial score (nSPS) is 15.9. The molecule has 6 aromatic carbocycles. The van der Waals surface area contributed by atoms with E-state index in [4.69, 9.17) is 0 Å². The summed E-state index contributed by atoms with van der Waals surface area (Å²) in [4.78, 5) is 9.18. The lowest BCUT2D eigenvalue weighted by molar-refractivity contribution is 0.652. The molecule has 1 aromatic heterocycles. The van der Waals surface area contributed by atoms with Gasteiger partial charge >= 0.3 is 0 Å². The standard InChI is InChI=1S/C38H28N2/c1-37(2)29-9-6-5-8-23(29)27-19-31-28(20-30(27)37)35-26-15-11-21-10-14-25(36-39-16-7-17-40-36)24-13-12-22(34(26)33(21)24)18-32(35)38(31,3)4/h5-20H,1-4H3. The van der Waals surface area contributed by atoms with Crippen LogP contribution in [0, 0.1) is 0 Å². The van der Waals surface area contributed by atoms with Crippen molar-refractivity contribution in [2.45, 2.75) is 38.5 Å². The van der Waals surface area contributed by atoms with E-state index in [0.717, 1.165) is 11.4 Å². The maximum Gasteiger partial charge on any atom is 0.159 e. The third kappa shape index (κ3) is 2.55. The van der Waals surface area contributed by atoms with Crippen molar-refractivity contribution < 1.29 is 0 Å². The summed E-state index contributed by atoms with van der Waals surface area (Å²) in [5.41, 5.74) is 12.3. The molecule has 0 spiro atoms. The lowest BCUT2D eigenvalue weighted by atomic mass is 9.79. The number of fused-ring (bicyclic) bond motifs is 7. The van der Waals surface area contributed by atoms with Crippen LogP contribution in [-0.2, 0) is 10.8 Å². The Kier molecular flexibility index (Phi) is 3.98. The molecule has 1 heterocycles. The summed E-state index contributed by atoms with van der Waals surface area (Å²) in [7, 11) is 0. The number of hydrogen-bond donors (Lipinski definition) is 0. The molecule has 0 radical (unpaired) electrons. The number of nitrogens with zero attached hydrogens (tertiary/aromatic N) is 2. The summed E-state index contributed by atoms with van der Waals surface area (Å²) in [6, 6.07) is 32.0. The molecule has 0 unspecified atom stereocenters. The maximum atomic E-state index is 4.59. The molecule has 0 saturated heterocycles. The van der Waals surface area contributed by atoms with Gasteiger partial charge in [-0.05, 0) is 107 Å². The number of benzene rings is 6. The van der Waals surface area contributed by atoms with Gasteiger partial charge in [0.1, 0.15) is 0 Å². The molecule has 0 bridgehead atoms. The van der Waals surface area contributed by atoms with Gasteiger partial charge in [0.15, 0.2) is 5.82 Å². The highest BCUT2D eigenvalue weighted by molar-refractivity contribution is 6.28. The SMILES string of the molecule is CC1(C)c2ccccc2-c2cc3c(cc21)-c1c(cc2ccc4c(-c5ncccn5)ccc5ccc1c2c54)C3(C)C. The van der Waals surface area contributed by atoms with Crippen molar-refractivity contribution in [3.63, 3.8) is 0 Å². The van der Waals surface area contributed by atoms with Crippen LogP contribution >= 0.6 is 0 Å². The molecule has 7 aromatic rings. The van der Waals surface area contributed by atoms with E-state index in [1.165, 1.54) is 76.8 Å². The second kappa shape index (κ2) is 7.14. The van der Waals surface area contributed by atoms with Gasteiger partial charge < -0.3 is 0 Å². The van der Waals surface area contributed by atoms with Gasteiger partial charge in [0.2, 0.25) is 0 Å². The van der Waals surface area contributed by atoms with Crippen LogP contribution in [0.1, 0.15) is 49.9 Å². The third-order valence-corrected chi connectivity index (χ3v) is 9.93. The van der Waals surface area contributed by atoms with Crippen molar-refractivity contribution >= 4 is 32.3 Å². The van der Waals surface area contributed by atoms with Crippen molar-refractivity contribution in [3.8, 4) is 33.6 Å². The second-order valence-electron chi connectivity index (χ2n) is 12.6. The number of hydrogen-bond acceptors (Lipinski definition) is 2. The van der Waals surface area contributed by atoms with Gasteiger partial charge in [-0.2, -0.15) is 0 Å². The lowest BCUT2D eigenvalue weighted by Crippen LogP contribution is -2.17. The average molecular weight is 513 g/mol. The van der Waals surface area contributed by atoms with Crippen molar-refractivity contribution in [1.82, 2.24) is 9.97 Å². The predicted molar refractivity (Wildman–Crippen MR) is 166 cm³/mol. The summed E-state index contributed by atoms with van der Waals surface area (Å²) in [5.74, 6) is 0.773. The minimum Gasteiger partial charge on any atom is -0.237 e. The van der Waals surface area contributed by atoms with E-state index >= 15 is 0 Å². The second-order valence-corrected chi connectivity index (χ2v) is 12.6. The Bertz CT molecular complexity index is 2200. The first-order valence-electron chi connectivity index (χ1n) is 14.2. The molecule has 40 heavy (non-hydrogen) atoms. The Balaban J connectivity index is 1.39. The van der Waals surface area contributed by atoms with E-state index in [0.29, 0.717) is 0 Å². The van der Waals surface area contributed by atoms with E-state index in [2.05, 4.69) is 117 Å². The molecule has 2 aliphatic carbocycles. The van der Waals surface area contributed by atoms with E-state index in [-0.39, 0.29) is 10.8 Å². The van der Waals surface area contributed by atoms with E-state index in [1.807, 2.05) is 18.5 Å². The molecule has 0 fully saturated rings. The highest BCUT2D eigenvalue weighted by Crippen LogP contribution is 2.58. The van der Waals surface area contributed by atoms with Crippen LogP contribution in [-0.4, -0.2) is 9.97 Å². The van der Waals surface area contributed by atoms with Gasteiger partial charge in [-0.15, -0.1) is 0 Å². The first kappa shape index (κ1) is 22.3. The van der Waals surface area contributed by atoms with Gasteiger partial charge in [0.05, 0.1) is 0 Å². The topological polar surface area (TPSA) is 25.8 Å². The summed E-state index contributed by atoms with van der Waals surface area (Å²) in [6.07, 6.45) is 3.65. The van der Waals surface area contributed by atoms with Crippen molar-refractivity contribution in [3.05, 3.63) is 120 Å². The van der Waals surface area contributed by atoms with Gasteiger partial charge in [-0.3, -0.25) is 0 Å². The Hall–Kier alpha value is -4.56. The molecule has 0 N–H and O–H groups in total. The molecule has 2 nitrogen and oxygen atoms in total. The number of rotatable bonds is 1. The van der Waals surface area contributed by atoms with Crippen molar-refractivity contribution in [2.75, 3.05) is 0 Å². The average Bonchev–Trinajstić information content (AvgIpc) is 3.34. The summed E-state index contributed by atoms with van der Waals surface area (Å²) in [6.45, 7) is 9.56. The molecule has 2 aliphatic rings. The van der Waals surface area contributed by atoms with Gasteiger partial charge in [-0.25, -0.2) is 9.97 Å². The molecule has 0 atom stereocenters. The maximum absolute atomic E-state index is 4.59. The van der Waals surface area contributed by atoms with Gasteiger partial charge in [0, 0.05) is 28.8 Å². The largest absolute Gasteiger partial charge is 0.237 e. The Morgan fingerprint density at radius 2 is 1.12 bits per heavy atom. The zero-order valence-corrected chi connectivity index (χ0v) is 23.1. The molecule has 0 amide bonds. The fourth-order valence-corrected chi connectivity index (χ4v) is 7.91. The zero-order valence-electron chi connectivity index (χ0n) is 23.1. The fourth-order valence-electron chi connectivity index (χ4n) is 7.91. The van der Waals surface area contributed by atoms with E-state index < -0.39 is 0 Å². The third-order valence-electron chi connectivity index (χ3n) is 9.93. The molecular weight excluding hydrogens is 484 g/mol. The van der Waals surface area contributed by atoms with E-state index in [1.54, 1.807) is 0 Å². The molecular formula is C38H28N2. The van der Waals surface area contributed by atoms with Crippen LogP contribution < -0.4 is 0 Å². The predicted octanol–water partition coefficient (Wildman–Crippen LogP) is 9.65.